The molecule has 0 bridgehead atoms. The molecule has 1 atom stereocenters. The Hall–Kier alpha value is -2.21. The number of benzene rings is 1. The molecule has 1 saturated carbocycles. The fraction of sp³-hybridized carbons (Fsp3) is 0.526. The van der Waals surface area contributed by atoms with Crippen molar-refractivity contribution in [1.29, 1.82) is 0 Å². The fourth-order valence-corrected chi connectivity index (χ4v) is 3.66. The fourth-order valence-electron chi connectivity index (χ4n) is 3.66. The van der Waals surface area contributed by atoms with Gasteiger partial charge in [-0.15, -0.1) is 5.10 Å². The van der Waals surface area contributed by atoms with Crippen molar-refractivity contribution in [3.63, 3.8) is 0 Å². The molecule has 132 valence electrons. The Bertz CT molecular complexity index is 675. The molecule has 2 heterocycles. The van der Waals surface area contributed by atoms with Gasteiger partial charge in [-0.05, 0) is 50.3 Å². The minimum Gasteiger partial charge on any atom is -0.352 e. The summed E-state index contributed by atoms with van der Waals surface area (Å²) in [5.74, 6) is 0.754. The molecular formula is C19H25N5O. The van der Waals surface area contributed by atoms with Crippen LogP contribution in [0.3, 0.4) is 0 Å². The van der Waals surface area contributed by atoms with E-state index in [-0.39, 0.29) is 11.9 Å². The summed E-state index contributed by atoms with van der Waals surface area (Å²) in [4.78, 5) is 15.2. The van der Waals surface area contributed by atoms with E-state index in [0.29, 0.717) is 12.0 Å². The second kappa shape index (κ2) is 7.35. The van der Waals surface area contributed by atoms with Gasteiger partial charge in [0.15, 0.2) is 0 Å². The predicted molar refractivity (Wildman–Crippen MR) is 94.7 cm³/mol. The van der Waals surface area contributed by atoms with Crippen LogP contribution in [0.15, 0.2) is 42.7 Å². The Labute approximate surface area is 148 Å². The number of piperidine rings is 1. The lowest BCUT2D eigenvalue weighted by atomic mass is 9.94. The van der Waals surface area contributed by atoms with E-state index in [0.717, 1.165) is 50.9 Å². The molecule has 1 amide bonds. The zero-order valence-corrected chi connectivity index (χ0v) is 14.4. The average Bonchev–Trinajstić information content (AvgIpc) is 3.30. The van der Waals surface area contributed by atoms with Crippen LogP contribution < -0.4 is 5.32 Å². The first kappa shape index (κ1) is 16.3. The van der Waals surface area contributed by atoms with Gasteiger partial charge in [0.1, 0.15) is 6.04 Å². The first-order valence-electron chi connectivity index (χ1n) is 9.23. The van der Waals surface area contributed by atoms with E-state index in [4.69, 9.17) is 0 Å². The normalized spacial score (nSPS) is 20.3. The summed E-state index contributed by atoms with van der Waals surface area (Å²) in [7, 11) is 0. The maximum Gasteiger partial charge on any atom is 0.242 e. The highest BCUT2D eigenvalue weighted by Crippen LogP contribution is 2.29. The molecule has 2 aliphatic rings. The van der Waals surface area contributed by atoms with Gasteiger partial charge in [-0.3, -0.25) is 14.4 Å². The third-order valence-electron chi connectivity index (χ3n) is 5.22. The minimum absolute atomic E-state index is 0.156. The number of likely N-dealkylation sites (tertiary alicyclic amines) is 1. The van der Waals surface area contributed by atoms with Gasteiger partial charge in [-0.1, -0.05) is 35.5 Å². The molecule has 0 unspecified atom stereocenters. The van der Waals surface area contributed by atoms with Crippen LogP contribution in [0.1, 0.15) is 37.3 Å². The Morgan fingerprint density at radius 1 is 1.16 bits per heavy atom. The topological polar surface area (TPSA) is 63.1 Å². The van der Waals surface area contributed by atoms with E-state index in [1.807, 2.05) is 29.1 Å². The van der Waals surface area contributed by atoms with Gasteiger partial charge in [0.2, 0.25) is 5.91 Å². The second-order valence-corrected chi connectivity index (χ2v) is 7.20. The molecule has 6 heteroatoms. The van der Waals surface area contributed by atoms with Crippen molar-refractivity contribution in [3.05, 3.63) is 48.3 Å². The Morgan fingerprint density at radius 2 is 1.92 bits per heavy atom. The number of amides is 1. The van der Waals surface area contributed by atoms with E-state index >= 15 is 0 Å². The van der Waals surface area contributed by atoms with E-state index in [2.05, 4.69) is 32.7 Å². The number of hydrogen-bond donors (Lipinski definition) is 1. The van der Waals surface area contributed by atoms with Crippen molar-refractivity contribution in [2.75, 3.05) is 13.1 Å². The van der Waals surface area contributed by atoms with Crippen molar-refractivity contribution < 1.29 is 4.79 Å². The van der Waals surface area contributed by atoms with Gasteiger partial charge in [0.05, 0.1) is 6.20 Å². The monoisotopic (exact) mass is 339 g/mol. The molecule has 6 nitrogen and oxygen atoms in total. The maximum absolute atomic E-state index is 12.9. The highest BCUT2D eigenvalue weighted by atomic mass is 16.2. The van der Waals surface area contributed by atoms with Gasteiger partial charge in [-0.25, -0.2) is 0 Å². The molecule has 2 fully saturated rings. The van der Waals surface area contributed by atoms with Gasteiger partial charge in [0.25, 0.3) is 0 Å². The summed E-state index contributed by atoms with van der Waals surface area (Å²) in [6.45, 7) is 2.80. The number of nitrogens with one attached hydrogen (secondary N) is 1. The zero-order valence-electron chi connectivity index (χ0n) is 14.4. The van der Waals surface area contributed by atoms with Gasteiger partial charge < -0.3 is 5.32 Å². The summed E-state index contributed by atoms with van der Waals surface area (Å²) in [6.07, 6.45) is 8.05. The SMILES string of the molecule is O=C(NC1CC1)[C@@H](c1ccccc1)N1CCC(Cn2ccnn2)CC1. The van der Waals surface area contributed by atoms with Crippen LogP contribution in [0.4, 0.5) is 0 Å². The average molecular weight is 339 g/mol. The lowest BCUT2D eigenvalue weighted by molar-refractivity contribution is -0.127. The van der Waals surface area contributed by atoms with Gasteiger partial charge in [0, 0.05) is 18.8 Å². The van der Waals surface area contributed by atoms with Crippen LogP contribution in [0.25, 0.3) is 0 Å². The number of aromatic nitrogens is 3. The molecule has 0 spiro atoms. The maximum atomic E-state index is 12.9. The molecule has 1 aliphatic carbocycles. The van der Waals surface area contributed by atoms with Crippen LogP contribution in [-0.4, -0.2) is 44.9 Å². The molecular weight excluding hydrogens is 314 g/mol. The van der Waals surface area contributed by atoms with Crippen LogP contribution >= 0.6 is 0 Å². The summed E-state index contributed by atoms with van der Waals surface area (Å²) in [5, 5.41) is 11.1. The summed E-state index contributed by atoms with van der Waals surface area (Å²) >= 11 is 0. The Balaban J connectivity index is 1.42. The molecule has 25 heavy (non-hydrogen) atoms. The first-order chi connectivity index (χ1) is 12.3. The third kappa shape index (κ3) is 4.07. The lowest BCUT2D eigenvalue weighted by Crippen LogP contribution is -2.45. The molecule has 0 radical (unpaired) electrons. The third-order valence-corrected chi connectivity index (χ3v) is 5.22. The van der Waals surface area contributed by atoms with Crippen molar-refractivity contribution in [2.24, 2.45) is 5.92 Å². The van der Waals surface area contributed by atoms with Gasteiger partial charge in [-0.2, -0.15) is 0 Å². The number of carbonyl (C=O) groups is 1. The minimum atomic E-state index is -0.172. The smallest absolute Gasteiger partial charge is 0.242 e. The first-order valence-corrected chi connectivity index (χ1v) is 9.23. The van der Waals surface area contributed by atoms with E-state index in [1.165, 1.54) is 0 Å². The Morgan fingerprint density at radius 3 is 2.56 bits per heavy atom. The number of hydrogen-bond acceptors (Lipinski definition) is 4. The van der Waals surface area contributed by atoms with Gasteiger partial charge >= 0.3 is 0 Å². The van der Waals surface area contributed by atoms with Crippen molar-refractivity contribution in [3.8, 4) is 0 Å². The molecule has 1 aliphatic heterocycles. The Kier molecular flexibility index (Phi) is 4.78. The van der Waals surface area contributed by atoms with Crippen LogP contribution in [0.2, 0.25) is 0 Å². The molecule has 1 N–H and O–H groups in total. The highest BCUT2D eigenvalue weighted by molar-refractivity contribution is 5.83. The molecule has 1 saturated heterocycles. The molecule has 1 aromatic carbocycles. The predicted octanol–water partition coefficient (Wildman–Crippen LogP) is 2.01. The quantitative estimate of drug-likeness (QED) is 0.874. The summed E-state index contributed by atoms with van der Waals surface area (Å²) in [6, 6.07) is 10.4. The zero-order chi connectivity index (χ0) is 17.1. The molecule has 1 aromatic heterocycles. The molecule has 4 rings (SSSR count). The highest BCUT2D eigenvalue weighted by Gasteiger charge is 2.34. The number of carbonyl (C=O) groups excluding carboxylic acids is 1. The van der Waals surface area contributed by atoms with E-state index in [1.54, 1.807) is 6.20 Å². The largest absolute Gasteiger partial charge is 0.352 e. The molecule has 2 aromatic rings. The van der Waals surface area contributed by atoms with Crippen LogP contribution in [0, 0.1) is 5.92 Å². The van der Waals surface area contributed by atoms with Crippen molar-refractivity contribution in [2.45, 2.75) is 44.3 Å². The lowest BCUT2D eigenvalue weighted by Gasteiger charge is -2.37. The number of rotatable bonds is 6. The van der Waals surface area contributed by atoms with E-state index in [9.17, 15) is 4.79 Å². The summed E-state index contributed by atoms with van der Waals surface area (Å²) < 4.78 is 1.91. The standard InChI is InChI=1S/C19H25N5O/c25-19(21-17-6-7-17)18(16-4-2-1-3-5-16)23-11-8-15(9-12-23)14-24-13-10-20-22-24/h1-5,10,13,15,17-18H,6-9,11-12,14H2,(H,21,25)/t18-/m1/s1. The number of nitrogens with zero attached hydrogens (tertiary/aromatic N) is 4. The second-order valence-electron chi connectivity index (χ2n) is 7.20. The summed E-state index contributed by atoms with van der Waals surface area (Å²) in [5.41, 5.74) is 1.09. The van der Waals surface area contributed by atoms with E-state index < -0.39 is 0 Å². The van der Waals surface area contributed by atoms with Crippen molar-refractivity contribution >= 4 is 5.91 Å². The van der Waals surface area contributed by atoms with Crippen LogP contribution in [-0.2, 0) is 11.3 Å². The van der Waals surface area contributed by atoms with Crippen molar-refractivity contribution in [1.82, 2.24) is 25.2 Å². The van der Waals surface area contributed by atoms with Crippen LogP contribution in [0.5, 0.6) is 0 Å².